The Kier molecular flexibility index (Phi) is 4.95. The van der Waals surface area contributed by atoms with Crippen LogP contribution in [0.3, 0.4) is 0 Å². The third-order valence-corrected chi connectivity index (χ3v) is 4.02. The maximum Gasteiger partial charge on any atom is 0.183 e. The molecule has 1 heterocycles. The second-order valence-corrected chi connectivity index (χ2v) is 6.66. The molecule has 0 saturated carbocycles. The average Bonchev–Trinajstić information content (AvgIpc) is 2.86. The quantitative estimate of drug-likeness (QED) is 0.807. The fourth-order valence-corrected chi connectivity index (χ4v) is 2.51. The number of ether oxygens (including phenoxy) is 1. The fraction of sp³-hybridized carbons (Fsp3) is 0.500. The Hall–Kier alpha value is -1.47. The number of rotatable bonds is 6. The number of hydrogen-bond acceptors (Lipinski definition) is 5. The van der Waals surface area contributed by atoms with Gasteiger partial charge in [0.2, 0.25) is 0 Å². The van der Waals surface area contributed by atoms with Gasteiger partial charge >= 0.3 is 0 Å². The van der Waals surface area contributed by atoms with E-state index in [1.165, 1.54) is 0 Å². The summed E-state index contributed by atoms with van der Waals surface area (Å²) in [6.07, 6.45) is 0.931. The summed E-state index contributed by atoms with van der Waals surface area (Å²) in [5, 5.41) is 12.1. The van der Waals surface area contributed by atoms with Crippen molar-refractivity contribution in [2.45, 2.75) is 26.8 Å². The van der Waals surface area contributed by atoms with Crippen LogP contribution in [0.5, 0.6) is 0 Å². The number of methoxy groups -OCH3 is 1. The topological polar surface area (TPSA) is 78.8 Å². The van der Waals surface area contributed by atoms with Crippen molar-refractivity contribution in [1.29, 1.82) is 0 Å². The van der Waals surface area contributed by atoms with Gasteiger partial charge in [0, 0.05) is 29.4 Å². The van der Waals surface area contributed by atoms with Gasteiger partial charge in [-0.15, -0.1) is 5.10 Å². The molecule has 0 bridgehead atoms. The van der Waals surface area contributed by atoms with E-state index in [1.807, 2.05) is 22.9 Å². The first-order chi connectivity index (χ1) is 9.93. The second-order valence-electron chi connectivity index (χ2n) is 5.81. The van der Waals surface area contributed by atoms with Gasteiger partial charge in [-0.3, -0.25) is 0 Å². The van der Waals surface area contributed by atoms with E-state index in [1.54, 1.807) is 7.11 Å². The van der Waals surface area contributed by atoms with Crippen LogP contribution in [0.4, 0.5) is 5.69 Å². The molecule has 7 heteroatoms. The number of benzene rings is 1. The van der Waals surface area contributed by atoms with Crippen LogP contribution in [0.15, 0.2) is 22.7 Å². The molecule has 0 atom stereocenters. The second kappa shape index (κ2) is 6.53. The third-order valence-electron chi connectivity index (χ3n) is 3.32. The fourth-order valence-electron chi connectivity index (χ4n) is 2.08. The number of nitrogen functional groups attached to an aromatic ring is 1. The van der Waals surface area contributed by atoms with Crippen LogP contribution < -0.4 is 5.73 Å². The predicted octanol–water partition coefficient (Wildman–Crippen LogP) is 2.75. The number of tetrazole rings is 1. The minimum Gasteiger partial charge on any atom is -0.399 e. The SMILES string of the molecule is COCCC(C)(C)Cn1nnnc1-c1cc(N)ccc1Br. The molecule has 0 amide bonds. The summed E-state index contributed by atoms with van der Waals surface area (Å²) in [7, 11) is 1.71. The molecular formula is C14H20BrN5O. The van der Waals surface area contributed by atoms with Crippen molar-refractivity contribution < 1.29 is 4.74 Å². The zero-order valence-corrected chi connectivity index (χ0v) is 14.1. The molecule has 1 aromatic heterocycles. The first-order valence-corrected chi connectivity index (χ1v) is 7.53. The highest BCUT2D eigenvalue weighted by Crippen LogP contribution is 2.30. The van der Waals surface area contributed by atoms with Crippen LogP contribution in [-0.4, -0.2) is 33.9 Å². The van der Waals surface area contributed by atoms with E-state index in [4.69, 9.17) is 10.5 Å². The van der Waals surface area contributed by atoms with Gasteiger partial charge in [-0.25, -0.2) is 4.68 Å². The third kappa shape index (κ3) is 4.01. The van der Waals surface area contributed by atoms with Crippen LogP contribution in [0.1, 0.15) is 20.3 Å². The molecule has 21 heavy (non-hydrogen) atoms. The summed E-state index contributed by atoms with van der Waals surface area (Å²) in [4.78, 5) is 0. The molecule has 2 aromatic rings. The average molecular weight is 354 g/mol. The van der Waals surface area contributed by atoms with Gasteiger partial charge in [0.25, 0.3) is 0 Å². The monoisotopic (exact) mass is 353 g/mol. The van der Waals surface area contributed by atoms with Gasteiger partial charge in [-0.2, -0.15) is 0 Å². The first-order valence-electron chi connectivity index (χ1n) is 6.73. The number of halogens is 1. The standard InChI is InChI=1S/C14H20BrN5O/c1-14(2,6-7-21-3)9-20-13(17-18-19-20)11-8-10(16)4-5-12(11)15/h4-5,8H,6-7,9,16H2,1-3H3. The molecule has 0 unspecified atom stereocenters. The van der Waals surface area contributed by atoms with E-state index in [-0.39, 0.29) is 5.41 Å². The van der Waals surface area contributed by atoms with Gasteiger partial charge in [-0.05, 0) is 40.5 Å². The molecule has 1 aromatic carbocycles. The number of aromatic nitrogens is 4. The number of nitrogens with zero attached hydrogens (tertiary/aromatic N) is 4. The Morgan fingerprint density at radius 3 is 2.86 bits per heavy atom. The van der Waals surface area contributed by atoms with Gasteiger partial charge in [0.05, 0.1) is 6.54 Å². The molecule has 0 fully saturated rings. The van der Waals surface area contributed by atoms with E-state index in [0.29, 0.717) is 24.7 Å². The van der Waals surface area contributed by atoms with E-state index >= 15 is 0 Å². The molecular weight excluding hydrogens is 334 g/mol. The van der Waals surface area contributed by atoms with E-state index < -0.39 is 0 Å². The molecule has 0 aliphatic carbocycles. The predicted molar refractivity (Wildman–Crippen MR) is 85.6 cm³/mol. The summed E-state index contributed by atoms with van der Waals surface area (Å²) in [5.41, 5.74) is 7.47. The van der Waals surface area contributed by atoms with Gasteiger partial charge in [0.15, 0.2) is 5.82 Å². The Balaban J connectivity index is 2.28. The van der Waals surface area contributed by atoms with E-state index in [2.05, 4.69) is 45.3 Å². The van der Waals surface area contributed by atoms with Crippen LogP contribution in [0.2, 0.25) is 0 Å². The minimum atomic E-state index is 0.0347. The number of nitrogens with two attached hydrogens (primary N) is 1. The Morgan fingerprint density at radius 1 is 1.38 bits per heavy atom. The Bertz CT molecular complexity index is 611. The minimum absolute atomic E-state index is 0.0347. The molecule has 0 aliphatic rings. The lowest BCUT2D eigenvalue weighted by molar-refractivity contribution is 0.140. The van der Waals surface area contributed by atoms with Crippen molar-refractivity contribution in [3.05, 3.63) is 22.7 Å². The zero-order chi connectivity index (χ0) is 15.5. The Labute approximate surface area is 132 Å². The molecule has 6 nitrogen and oxygen atoms in total. The Morgan fingerprint density at radius 2 is 2.14 bits per heavy atom. The van der Waals surface area contributed by atoms with E-state index in [9.17, 15) is 0 Å². The normalized spacial score (nSPS) is 11.8. The lowest BCUT2D eigenvalue weighted by Gasteiger charge is -2.24. The molecule has 0 aliphatic heterocycles. The summed E-state index contributed by atoms with van der Waals surface area (Å²) in [5.74, 6) is 0.708. The van der Waals surface area contributed by atoms with Crippen LogP contribution in [-0.2, 0) is 11.3 Å². The van der Waals surface area contributed by atoms with Crippen LogP contribution in [0.25, 0.3) is 11.4 Å². The molecule has 0 saturated heterocycles. The molecule has 114 valence electrons. The summed E-state index contributed by atoms with van der Waals surface area (Å²) in [6.45, 7) is 5.77. The molecule has 0 spiro atoms. The highest BCUT2D eigenvalue weighted by molar-refractivity contribution is 9.10. The van der Waals surface area contributed by atoms with Gasteiger partial charge in [-0.1, -0.05) is 29.8 Å². The van der Waals surface area contributed by atoms with Crippen LogP contribution in [0, 0.1) is 5.41 Å². The van der Waals surface area contributed by atoms with Crippen molar-refractivity contribution in [1.82, 2.24) is 20.2 Å². The first kappa shape index (κ1) is 15.9. The summed E-state index contributed by atoms with van der Waals surface area (Å²) >= 11 is 3.52. The molecule has 2 N–H and O–H groups in total. The van der Waals surface area contributed by atoms with E-state index in [0.717, 1.165) is 16.5 Å². The number of anilines is 1. The highest BCUT2D eigenvalue weighted by Gasteiger charge is 2.22. The van der Waals surface area contributed by atoms with Gasteiger partial charge < -0.3 is 10.5 Å². The van der Waals surface area contributed by atoms with Crippen molar-refractivity contribution >= 4 is 21.6 Å². The maximum absolute atomic E-state index is 5.86. The van der Waals surface area contributed by atoms with Crippen molar-refractivity contribution in [2.24, 2.45) is 5.41 Å². The van der Waals surface area contributed by atoms with Crippen molar-refractivity contribution in [2.75, 3.05) is 19.5 Å². The largest absolute Gasteiger partial charge is 0.399 e. The number of hydrogen-bond donors (Lipinski definition) is 1. The van der Waals surface area contributed by atoms with Gasteiger partial charge in [0.1, 0.15) is 0 Å². The maximum atomic E-state index is 5.86. The highest BCUT2D eigenvalue weighted by atomic mass is 79.9. The van der Waals surface area contributed by atoms with Crippen molar-refractivity contribution in [3.8, 4) is 11.4 Å². The summed E-state index contributed by atoms with van der Waals surface area (Å²) in [6, 6.07) is 5.61. The van der Waals surface area contributed by atoms with Crippen molar-refractivity contribution in [3.63, 3.8) is 0 Å². The van der Waals surface area contributed by atoms with Crippen LogP contribution >= 0.6 is 15.9 Å². The zero-order valence-electron chi connectivity index (χ0n) is 12.5. The smallest absolute Gasteiger partial charge is 0.183 e. The molecule has 2 rings (SSSR count). The lowest BCUT2D eigenvalue weighted by atomic mass is 9.89. The lowest BCUT2D eigenvalue weighted by Crippen LogP contribution is -2.23. The summed E-state index contributed by atoms with van der Waals surface area (Å²) < 4.78 is 7.90. The molecule has 0 radical (unpaired) electrons.